The molecule has 6 nitrogen and oxygen atoms in total. The summed E-state index contributed by atoms with van der Waals surface area (Å²) in [4.78, 5) is 40.5. The van der Waals surface area contributed by atoms with E-state index >= 15 is 0 Å². The smallest absolute Gasteiger partial charge is 0.328 e. The number of likely N-dealkylation sites (tertiary alicyclic amines) is 2. The molecule has 2 fully saturated rings. The molecule has 2 aliphatic rings. The summed E-state index contributed by atoms with van der Waals surface area (Å²) in [6, 6.07) is 2.86. The third kappa shape index (κ3) is 4.74. The first-order valence-electron chi connectivity index (χ1n) is 10.1. The lowest BCUT2D eigenvalue weighted by Crippen LogP contribution is -2.50. The molecular formula is C21H26F2N2O4. The standard InChI is InChI=1S/C21H26F2N2O4/c1-2-29-21(28)17-8-3-4-11-24(17)19(27)12-15-9-10-18(26)25(15)13-14-6-5-7-16(22)20(14)23/h5-7,15,17H,2-4,8-13H2,1H3. The molecule has 2 saturated heterocycles. The second-order valence-corrected chi connectivity index (χ2v) is 7.48. The number of carbonyl (C=O) groups excluding carboxylic acids is 3. The molecule has 0 saturated carbocycles. The molecule has 3 rings (SSSR count). The zero-order chi connectivity index (χ0) is 21.0. The fourth-order valence-electron chi connectivity index (χ4n) is 4.11. The summed E-state index contributed by atoms with van der Waals surface area (Å²) in [6.07, 6.45) is 3.00. The van der Waals surface area contributed by atoms with Gasteiger partial charge in [0, 0.05) is 37.5 Å². The monoisotopic (exact) mass is 408 g/mol. The Kier molecular flexibility index (Phi) is 6.82. The molecule has 2 heterocycles. The number of hydrogen-bond donors (Lipinski definition) is 0. The normalized spacial score (nSPS) is 22.1. The Balaban J connectivity index is 1.70. The quantitative estimate of drug-likeness (QED) is 0.679. The Bertz CT molecular complexity index is 786. The molecule has 29 heavy (non-hydrogen) atoms. The first kappa shape index (κ1) is 21.2. The fraction of sp³-hybridized carbons (Fsp3) is 0.571. The largest absolute Gasteiger partial charge is 0.464 e. The molecule has 0 N–H and O–H groups in total. The van der Waals surface area contributed by atoms with E-state index in [2.05, 4.69) is 0 Å². The Labute approximate surface area is 168 Å². The van der Waals surface area contributed by atoms with Gasteiger partial charge in [0.05, 0.1) is 6.61 Å². The highest BCUT2D eigenvalue weighted by Crippen LogP contribution is 2.27. The summed E-state index contributed by atoms with van der Waals surface area (Å²) < 4.78 is 32.6. The molecule has 2 amide bonds. The number of piperidine rings is 1. The first-order chi connectivity index (χ1) is 13.9. The van der Waals surface area contributed by atoms with Crippen molar-refractivity contribution in [1.29, 1.82) is 0 Å². The van der Waals surface area contributed by atoms with Crippen LogP contribution in [0.15, 0.2) is 18.2 Å². The number of amides is 2. The molecule has 0 bridgehead atoms. The van der Waals surface area contributed by atoms with Crippen molar-refractivity contribution in [2.45, 2.75) is 64.1 Å². The van der Waals surface area contributed by atoms with Gasteiger partial charge in [-0.15, -0.1) is 0 Å². The van der Waals surface area contributed by atoms with Crippen molar-refractivity contribution in [1.82, 2.24) is 9.80 Å². The molecule has 0 spiro atoms. The van der Waals surface area contributed by atoms with Crippen LogP contribution >= 0.6 is 0 Å². The molecule has 0 aromatic heterocycles. The number of esters is 1. The molecule has 158 valence electrons. The van der Waals surface area contributed by atoms with Crippen molar-refractivity contribution in [3.8, 4) is 0 Å². The summed E-state index contributed by atoms with van der Waals surface area (Å²) in [7, 11) is 0. The van der Waals surface area contributed by atoms with Gasteiger partial charge in [-0.2, -0.15) is 0 Å². The Morgan fingerprint density at radius 1 is 1.21 bits per heavy atom. The maximum absolute atomic E-state index is 14.0. The van der Waals surface area contributed by atoms with Crippen molar-refractivity contribution in [2.24, 2.45) is 0 Å². The third-order valence-corrected chi connectivity index (χ3v) is 5.62. The number of nitrogens with zero attached hydrogens (tertiary/aromatic N) is 2. The molecule has 2 aliphatic heterocycles. The number of carbonyl (C=O) groups is 3. The minimum Gasteiger partial charge on any atom is -0.464 e. The maximum atomic E-state index is 14.0. The van der Waals surface area contributed by atoms with E-state index in [4.69, 9.17) is 4.74 Å². The lowest BCUT2D eigenvalue weighted by Gasteiger charge is -2.35. The van der Waals surface area contributed by atoms with E-state index in [1.165, 1.54) is 17.0 Å². The van der Waals surface area contributed by atoms with E-state index in [0.29, 0.717) is 19.4 Å². The summed E-state index contributed by atoms with van der Waals surface area (Å²) >= 11 is 0. The predicted molar refractivity (Wildman–Crippen MR) is 101 cm³/mol. The van der Waals surface area contributed by atoms with Crippen molar-refractivity contribution in [2.75, 3.05) is 13.2 Å². The average Bonchev–Trinajstić information content (AvgIpc) is 3.05. The Morgan fingerprint density at radius 3 is 2.76 bits per heavy atom. The van der Waals surface area contributed by atoms with Crippen LogP contribution in [0, 0.1) is 11.6 Å². The molecule has 1 aromatic rings. The van der Waals surface area contributed by atoms with E-state index in [-0.39, 0.29) is 43.4 Å². The minimum atomic E-state index is -0.976. The van der Waals surface area contributed by atoms with Gasteiger partial charge in [-0.1, -0.05) is 12.1 Å². The van der Waals surface area contributed by atoms with Gasteiger partial charge < -0.3 is 14.5 Å². The highest BCUT2D eigenvalue weighted by molar-refractivity contribution is 5.86. The second-order valence-electron chi connectivity index (χ2n) is 7.48. The van der Waals surface area contributed by atoms with Crippen LogP contribution in [-0.4, -0.2) is 52.8 Å². The van der Waals surface area contributed by atoms with Crippen molar-refractivity contribution in [3.63, 3.8) is 0 Å². The zero-order valence-electron chi connectivity index (χ0n) is 16.5. The van der Waals surface area contributed by atoms with E-state index in [1.807, 2.05) is 0 Å². The number of hydrogen-bond acceptors (Lipinski definition) is 4. The summed E-state index contributed by atoms with van der Waals surface area (Å²) in [5.41, 5.74) is 0.0834. The highest BCUT2D eigenvalue weighted by atomic mass is 19.2. The fourth-order valence-corrected chi connectivity index (χ4v) is 4.11. The molecule has 0 aliphatic carbocycles. The first-order valence-corrected chi connectivity index (χ1v) is 10.1. The van der Waals surface area contributed by atoms with E-state index in [1.54, 1.807) is 11.8 Å². The van der Waals surface area contributed by atoms with Crippen molar-refractivity contribution >= 4 is 17.8 Å². The van der Waals surface area contributed by atoms with Gasteiger partial charge in [0.15, 0.2) is 11.6 Å². The van der Waals surface area contributed by atoms with Crippen molar-refractivity contribution in [3.05, 3.63) is 35.4 Å². The van der Waals surface area contributed by atoms with E-state index in [0.717, 1.165) is 18.9 Å². The van der Waals surface area contributed by atoms with Crippen LogP contribution < -0.4 is 0 Å². The van der Waals surface area contributed by atoms with Gasteiger partial charge >= 0.3 is 5.97 Å². The van der Waals surface area contributed by atoms with Gasteiger partial charge in [-0.05, 0) is 38.7 Å². The Morgan fingerprint density at radius 2 is 2.00 bits per heavy atom. The third-order valence-electron chi connectivity index (χ3n) is 5.62. The van der Waals surface area contributed by atoms with Crippen LogP contribution in [0.4, 0.5) is 8.78 Å². The lowest BCUT2D eigenvalue weighted by molar-refractivity contribution is -0.157. The zero-order valence-corrected chi connectivity index (χ0v) is 16.5. The topological polar surface area (TPSA) is 66.9 Å². The highest BCUT2D eigenvalue weighted by Gasteiger charge is 2.38. The van der Waals surface area contributed by atoms with Crippen LogP contribution in [0.2, 0.25) is 0 Å². The van der Waals surface area contributed by atoms with Crippen molar-refractivity contribution < 1.29 is 27.9 Å². The van der Waals surface area contributed by atoms with Crippen LogP contribution in [0.1, 0.15) is 51.0 Å². The van der Waals surface area contributed by atoms with Gasteiger partial charge in [-0.3, -0.25) is 9.59 Å². The molecule has 8 heteroatoms. The number of halogens is 2. The average molecular weight is 408 g/mol. The summed E-state index contributed by atoms with van der Waals surface area (Å²) in [5, 5.41) is 0. The Hall–Kier alpha value is -2.51. The number of ether oxygens (including phenoxy) is 1. The van der Waals surface area contributed by atoms with Gasteiger partial charge in [0.1, 0.15) is 6.04 Å². The molecule has 2 unspecified atom stereocenters. The maximum Gasteiger partial charge on any atom is 0.328 e. The summed E-state index contributed by atoms with van der Waals surface area (Å²) in [6.45, 7) is 2.37. The van der Waals surface area contributed by atoms with Gasteiger partial charge in [0.25, 0.3) is 0 Å². The minimum absolute atomic E-state index is 0.0541. The van der Waals surface area contributed by atoms with Crippen LogP contribution in [0.3, 0.4) is 0 Å². The number of rotatable bonds is 6. The molecule has 1 aromatic carbocycles. The van der Waals surface area contributed by atoms with Crippen LogP contribution in [0.5, 0.6) is 0 Å². The second kappa shape index (κ2) is 9.33. The number of benzene rings is 1. The van der Waals surface area contributed by atoms with Gasteiger partial charge in [-0.25, -0.2) is 13.6 Å². The summed E-state index contributed by atoms with van der Waals surface area (Å²) in [5.74, 6) is -2.75. The lowest BCUT2D eigenvalue weighted by atomic mass is 10.0. The SMILES string of the molecule is CCOC(=O)C1CCCCN1C(=O)CC1CCC(=O)N1Cc1cccc(F)c1F. The molecule has 2 atom stereocenters. The van der Waals surface area contributed by atoms with Gasteiger partial charge in [0.2, 0.25) is 11.8 Å². The molecule has 0 radical (unpaired) electrons. The van der Waals surface area contributed by atoms with E-state index in [9.17, 15) is 23.2 Å². The van der Waals surface area contributed by atoms with Crippen LogP contribution in [0.25, 0.3) is 0 Å². The van der Waals surface area contributed by atoms with E-state index < -0.39 is 29.7 Å². The van der Waals surface area contributed by atoms with Crippen LogP contribution in [-0.2, 0) is 25.7 Å². The molecular weight excluding hydrogens is 382 g/mol. The predicted octanol–water partition coefficient (Wildman–Crippen LogP) is 2.79.